The van der Waals surface area contributed by atoms with Gasteiger partial charge in [0, 0.05) is 25.7 Å². The number of aryl methyl sites for hydroxylation is 1. The van der Waals surface area contributed by atoms with Crippen molar-refractivity contribution in [3.8, 4) is 0 Å². The van der Waals surface area contributed by atoms with Crippen molar-refractivity contribution in [1.82, 2.24) is 9.78 Å². The summed E-state index contributed by atoms with van der Waals surface area (Å²) in [5.41, 5.74) is 6.82. The summed E-state index contributed by atoms with van der Waals surface area (Å²) in [6, 6.07) is 0. The minimum atomic E-state index is 0.701. The van der Waals surface area contributed by atoms with Crippen LogP contribution in [0, 0.1) is 0 Å². The molecule has 1 aliphatic heterocycles. The maximum absolute atomic E-state index is 5.54. The molecule has 2 heterocycles. The summed E-state index contributed by atoms with van der Waals surface area (Å²) in [5.74, 6) is 1.26. The number of nitrogens with two attached hydrogens (primary N) is 1. The first-order chi connectivity index (χ1) is 6.33. The van der Waals surface area contributed by atoms with Gasteiger partial charge in [0.1, 0.15) is 5.82 Å². The molecule has 0 saturated heterocycles. The van der Waals surface area contributed by atoms with Crippen molar-refractivity contribution in [3.63, 3.8) is 0 Å². The molecule has 0 atom stereocenters. The van der Waals surface area contributed by atoms with Crippen LogP contribution in [-0.2, 0) is 13.0 Å². The largest absolute Gasteiger partial charge is 0.360 e. The zero-order valence-corrected chi connectivity index (χ0v) is 8.03. The van der Waals surface area contributed by atoms with E-state index in [-0.39, 0.29) is 0 Å². The number of aromatic nitrogens is 2. The topological polar surface area (TPSA) is 47.1 Å². The molecule has 1 aliphatic rings. The Morgan fingerprint density at radius 3 is 3.15 bits per heavy atom. The zero-order valence-electron chi connectivity index (χ0n) is 8.03. The molecule has 0 radical (unpaired) electrons. The van der Waals surface area contributed by atoms with Gasteiger partial charge in [-0.25, -0.2) is 4.68 Å². The highest BCUT2D eigenvalue weighted by Gasteiger charge is 2.17. The fourth-order valence-corrected chi connectivity index (χ4v) is 1.92. The van der Waals surface area contributed by atoms with E-state index < -0.39 is 0 Å². The number of nitrogens with zero attached hydrogens (tertiary/aromatic N) is 3. The van der Waals surface area contributed by atoms with Gasteiger partial charge < -0.3 is 10.6 Å². The van der Waals surface area contributed by atoms with E-state index in [9.17, 15) is 0 Å². The Hall–Kier alpha value is -1.03. The lowest BCUT2D eigenvalue weighted by Gasteiger charge is -2.26. The van der Waals surface area contributed by atoms with Crippen LogP contribution >= 0.6 is 0 Å². The first-order valence-corrected chi connectivity index (χ1v) is 4.79. The summed E-state index contributed by atoms with van der Waals surface area (Å²) in [5, 5.41) is 4.35. The number of hydrogen-bond donors (Lipinski definition) is 1. The van der Waals surface area contributed by atoms with Crippen molar-refractivity contribution in [1.29, 1.82) is 0 Å². The van der Waals surface area contributed by atoms with Crippen LogP contribution in [0.2, 0.25) is 0 Å². The predicted octanol–water partition coefficient (Wildman–Crippen LogP) is 0.224. The highest BCUT2D eigenvalue weighted by molar-refractivity contribution is 5.47. The third-order valence-electron chi connectivity index (χ3n) is 2.52. The van der Waals surface area contributed by atoms with Gasteiger partial charge in [0.2, 0.25) is 0 Å². The van der Waals surface area contributed by atoms with Crippen molar-refractivity contribution in [2.75, 3.05) is 25.0 Å². The van der Waals surface area contributed by atoms with Gasteiger partial charge in [-0.1, -0.05) is 0 Å². The molecular weight excluding hydrogens is 164 g/mol. The molecule has 0 spiro atoms. The molecule has 0 aromatic carbocycles. The second-order valence-corrected chi connectivity index (χ2v) is 3.53. The monoisotopic (exact) mass is 180 g/mol. The Balaban J connectivity index is 2.32. The smallest absolute Gasteiger partial charge is 0.129 e. The highest BCUT2D eigenvalue weighted by Crippen LogP contribution is 2.23. The second-order valence-electron chi connectivity index (χ2n) is 3.53. The van der Waals surface area contributed by atoms with Gasteiger partial charge >= 0.3 is 0 Å². The van der Waals surface area contributed by atoms with Gasteiger partial charge in [0.25, 0.3) is 0 Å². The standard InChI is InChI=1S/C9H16N4/c1-12-5-2-6-13-9(12)8(3-4-10)7-11-13/h7H,2-6,10H2,1H3. The highest BCUT2D eigenvalue weighted by atomic mass is 15.4. The van der Waals surface area contributed by atoms with Crippen LogP contribution in [-0.4, -0.2) is 29.9 Å². The minimum Gasteiger partial charge on any atom is -0.360 e. The van der Waals surface area contributed by atoms with E-state index in [0.29, 0.717) is 6.54 Å². The molecule has 13 heavy (non-hydrogen) atoms. The summed E-state index contributed by atoms with van der Waals surface area (Å²) in [7, 11) is 2.12. The van der Waals surface area contributed by atoms with Crippen molar-refractivity contribution in [3.05, 3.63) is 11.8 Å². The third kappa shape index (κ3) is 1.42. The number of hydrogen-bond acceptors (Lipinski definition) is 3. The molecule has 0 saturated carbocycles. The van der Waals surface area contributed by atoms with Crippen LogP contribution < -0.4 is 10.6 Å². The van der Waals surface area contributed by atoms with E-state index in [4.69, 9.17) is 5.73 Å². The number of anilines is 1. The SMILES string of the molecule is CN1CCCn2ncc(CCN)c21. The Kier molecular flexibility index (Phi) is 2.22. The van der Waals surface area contributed by atoms with E-state index in [1.165, 1.54) is 17.8 Å². The molecule has 4 heteroatoms. The molecule has 2 N–H and O–H groups in total. The average Bonchev–Trinajstić information content (AvgIpc) is 2.51. The van der Waals surface area contributed by atoms with Crippen molar-refractivity contribution in [2.45, 2.75) is 19.4 Å². The van der Waals surface area contributed by atoms with Gasteiger partial charge in [0.05, 0.1) is 6.20 Å². The Morgan fingerprint density at radius 2 is 2.38 bits per heavy atom. The van der Waals surface area contributed by atoms with Crippen molar-refractivity contribution < 1.29 is 0 Å². The van der Waals surface area contributed by atoms with Crippen LogP contribution in [0.5, 0.6) is 0 Å². The minimum absolute atomic E-state index is 0.701. The van der Waals surface area contributed by atoms with Crippen LogP contribution in [0.1, 0.15) is 12.0 Å². The predicted molar refractivity (Wildman–Crippen MR) is 52.9 cm³/mol. The molecule has 1 aromatic heterocycles. The first-order valence-electron chi connectivity index (χ1n) is 4.79. The van der Waals surface area contributed by atoms with E-state index in [1.54, 1.807) is 0 Å². The summed E-state index contributed by atoms with van der Waals surface area (Å²) in [4.78, 5) is 2.27. The summed E-state index contributed by atoms with van der Waals surface area (Å²) in [6.45, 7) is 2.88. The maximum atomic E-state index is 5.54. The molecule has 0 bridgehead atoms. The zero-order chi connectivity index (χ0) is 9.26. The lowest BCUT2D eigenvalue weighted by atomic mass is 10.2. The first kappa shape index (κ1) is 8.56. The molecule has 0 amide bonds. The van der Waals surface area contributed by atoms with Crippen LogP contribution in [0.4, 0.5) is 5.82 Å². The normalized spacial score (nSPS) is 16.0. The molecule has 4 nitrogen and oxygen atoms in total. The summed E-state index contributed by atoms with van der Waals surface area (Å²) >= 11 is 0. The Labute approximate surface area is 78.3 Å². The molecule has 0 fully saturated rings. The number of rotatable bonds is 2. The lowest BCUT2D eigenvalue weighted by molar-refractivity contribution is 0.532. The lowest BCUT2D eigenvalue weighted by Crippen LogP contribution is -2.29. The van der Waals surface area contributed by atoms with E-state index >= 15 is 0 Å². The third-order valence-corrected chi connectivity index (χ3v) is 2.52. The van der Waals surface area contributed by atoms with E-state index in [2.05, 4.69) is 21.7 Å². The van der Waals surface area contributed by atoms with Crippen LogP contribution in [0.15, 0.2) is 6.20 Å². The number of fused-ring (bicyclic) bond motifs is 1. The summed E-state index contributed by atoms with van der Waals surface area (Å²) < 4.78 is 2.08. The Bertz CT molecular complexity index is 292. The van der Waals surface area contributed by atoms with Gasteiger partial charge in [-0.05, 0) is 19.4 Å². The fourth-order valence-electron chi connectivity index (χ4n) is 1.92. The van der Waals surface area contributed by atoms with Gasteiger partial charge in [0.15, 0.2) is 0 Å². The average molecular weight is 180 g/mol. The van der Waals surface area contributed by atoms with Crippen molar-refractivity contribution in [2.24, 2.45) is 5.73 Å². The van der Waals surface area contributed by atoms with Crippen LogP contribution in [0.3, 0.4) is 0 Å². The molecular formula is C9H16N4. The van der Waals surface area contributed by atoms with Gasteiger partial charge in [-0.3, -0.25) is 0 Å². The van der Waals surface area contributed by atoms with Gasteiger partial charge in [-0.2, -0.15) is 5.10 Å². The van der Waals surface area contributed by atoms with Crippen molar-refractivity contribution >= 4 is 5.82 Å². The quantitative estimate of drug-likeness (QED) is 0.708. The fraction of sp³-hybridized carbons (Fsp3) is 0.667. The molecule has 2 rings (SSSR count). The van der Waals surface area contributed by atoms with E-state index in [0.717, 1.165) is 19.5 Å². The Morgan fingerprint density at radius 1 is 1.54 bits per heavy atom. The summed E-state index contributed by atoms with van der Waals surface area (Å²) in [6.07, 6.45) is 4.07. The van der Waals surface area contributed by atoms with E-state index in [1.807, 2.05) is 6.20 Å². The molecule has 0 aliphatic carbocycles. The molecule has 1 aromatic rings. The molecule has 72 valence electrons. The second kappa shape index (κ2) is 3.38. The molecule has 0 unspecified atom stereocenters. The van der Waals surface area contributed by atoms with Gasteiger partial charge in [-0.15, -0.1) is 0 Å². The maximum Gasteiger partial charge on any atom is 0.129 e. The van der Waals surface area contributed by atoms with Crippen LogP contribution in [0.25, 0.3) is 0 Å².